The van der Waals surface area contributed by atoms with Crippen LogP contribution in [0.25, 0.3) is 5.65 Å². The van der Waals surface area contributed by atoms with Gasteiger partial charge in [0, 0.05) is 23.5 Å². The molecule has 90 valence electrons. The van der Waals surface area contributed by atoms with E-state index < -0.39 is 5.97 Å². The van der Waals surface area contributed by atoms with Crippen molar-refractivity contribution < 1.29 is 9.90 Å². The van der Waals surface area contributed by atoms with E-state index in [-0.39, 0.29) is 12.3 Å². The highest BCUT2D eigenvalue weighted by atomic mass is 79.9. The Kier molecular flexibility index (Phi) is 3.42. The molecule has 1 N–H and O–H groups in total. The number of carbonyl (C=O) groups is 1. The number of hydrogen-bond acceptors (Lipinski definition) is 3. The average molecular weight is 298 g/mol. The topological polar surface area (TPSA) is 67.5 Å². The van der Waals surface area contributed by atoms with Crippen LogP contribution in [0.4, 0.5) is 0 Å². The fourth-order valence-electron chi connectivity index (χ4n) is 1.73. The molecule has 0 aliphatic rings. The van der Waals surface area contributed by atoms with E-state index in [9.17, 15) is 4.79 Å². The van der Waals surface area contributed by atoms with Crippen molar-refractivity contribution in [1.29, 1.82) is 0 Å². The maximum absolute atomic E-state index is 10.6. The fraction of sp³-hybridized carbons (Fsp3) is 0.364. The summed E-state index contributed by atoms with van der Waals surface area (Å²) in [6, 6.07) is 3.76. The van der Waals surface area contributed by atoms with Gasteiger partial charge in [-0.15, -0.1) is 10.2 Å². The largest absolute Gasteiger partial charge is 0.481 e. The minimum absolute atomic E-state index is 0.0406. The first kappa shape index (κ1) is 12.0. The molecule has 0 amide bonds. The SMILES string of the molecule is CC(CC(=O)O)Cc1nnc2ccc(Br)cn12. The molecule has 0 bridgehead atoms. The highest BCUT2D eigenvalue weighted by molar-refractivity contribution is 9.10. The first-order valence-electron chi connectivity index (χ1n) is 5.27. The van der Waals surface area contributed by atoms with E-state index in [4.69, 9.17) is 5.11 Å². The third-order valence-corrected chi connectivity index (χ3v) is 2.96. The predicted octanol–water partition coefficient (Wildman–Crippen LogP) is 2.15. The maximum Gasteiger partial charge on any atom is 0.303 e. The second-order valence-corrected chi connectivity index (χ2v) is 5.01. The van der Waals surface area contributed by atoms with Gasteiger partial charge in [-0.25, -0.2) is 0 Å². The van der Waals surface area contributed by atoms with Gasteiger partial charge in [0.15, 0.2) is 5.65 Å². The zero-order valence-corrected chi connectivity index (χ0v) is 10.9. The third-order valence-electron chi connectivity index (χ3n) is 2.49. The first-order chi connectivity index (χ1) is 8.06. The van der Waals surface area contributed by atoms with E-state index in [1.54, 1.807) is 0 Å². The van der Waals surface area contributed by atoms with Gasteiger partial charge in [-0.1, -0.05) is 6.92 Å². The normalized spacial score (nSPS) is 12.8. The zero-order valence-electron chi connectivity index (χ0n) is 9.30. The van der Waals surface area contributed by atoms with E-state index >= 15 is 0 Å². The molecule has 0 spiro atoms. The molecule has 1 unspecified atom stereocenters. The highest BCUT2D eigenvalue weighted by Crippen LogP contribution is 2.15. The minimum Gasteiger partial charge on any atom is -0.481 e. The Hall–Kier alpha value is -1.43. The van der Waals surface area contributed by atoms with E-state index in [0.29, 0.717) is 6.42 Å². The van der Waals surface area contributed by atoms with Gasteiger partial charge in [0.2, 0.25) is 0 Å². The predicted molar refractivity (Wildman–Crippen MR) is 65.8 cm³/mol. The van der Waals surface area contributed by atoms with Crippen LogP contribution in [0.1, 0.15) is 19.2 Å². The second kappa shape index (κ2) is 4.83. The number of carboxylic acid groups (broad SMARTS) is 1. The lowest BCUT2D eigenvalue weighted by atomic mass is 10.0. The summed E-state index contributed by atoms with van der Waals surface area (Å²) in [5.74, 6) is 0.0430. The van der Waals surface area contributed by atoms with Crippen LogP contribution in [0.5, 0.6) is 0 Å². The number of carboxylic acids is 1. The Labute approximate surface area is 107 Å². The van der Waals surface area contributed by atoms with Crippen LogP contribution in [-0.4, -0.2) is 25.7 Å². The minimum atomic E-state index is -0.785. The summed E-state index contributed by atoms with van der Waals surface area (Å²) < 4.78 is 2.82. The Morgan fingerprint density at radius 2 is 2.29 bits per heavy atom. The Morgan fingerprint density at radius 3 is 3.00 bits per heavy atom. The molecule has 2 rings (SSSR count). The standard InChI is InChI=1S/C11H12BrN3O2/c1-7(5-11(16)17)4-10-14-13-9-3-2-8(12)6-15(9)10/h2-3,6-7H,4-5H2,1H3,(H,16,17). The van der Waals surface area contributed by atoms with Gasteiger partial charge < -0.3 is 5.11 Å². The van der Waals surface area contributed by atoms with Crippen LogP contribution < -0.4 is 0 Å². The van der Waals surface area contributed by atoms with Crippen molar-refractivity contribution in [2.75, 3.05) is 0 Å². The molecule has 6 heteroatoms. The van der Waals surface area contributed by atoms with Crippen molar-refractivity contribution in [3.63, 3.8) is 0 Å². The van der Waals surface area contributed by atoms with Crippen molar-refractivity contribution in [2.45, 2.75) is 19.8 Å². The highest BCUT2D eigenvalue weighted by Gasteiger charge is 2.13. The number of aliphatic carboxylic acids is 1. The molecular weight excluding hydrogens is 286 g/mol. The number of pyridine rings is 1. The lowest BCUT2D eigenvalue weighted by molar-refractivity contribution is -0.137. The van der Waals surface area contributed by atoms with Crippen LogP contribution in [0.3, 0.4) is 0 Å². The number of rotatable bonds is 4. The number of nitrogens with zero attached hydrogens (tertiary/aromatic N) is 3. The van der Waals surface area contributed by atoms with Gasteiger partial charge >= 0.3 is 5.97 Å². The van der Waals surface area contributed by atoms with Gasteiger partial charge in [-0.05, 0) is 34.0 Å². The molecular formula is C11H12BrN3O2. The molecule has 17 heavy (non-hydrogen) atoms. The van der Waals surface area contributed by atoms with Crippen molar-refractivity contribution in [3.8, 4) is 0 Å². The summed E-state index contributed by atoms with van der Waals surface area (Å²) in [6.07, 6.45) is 2.63. The third kappa shape index (κ3) is 2.82. The number of fused-ring (bicyclic) bond motifs is 1. The number of aromatic nitrogens is 3. The molecule has 2 heterocycles. The number of hydrogen-bond donors (Lipinski definition) is 1. The summed E-state index contributed by atoms with van der Waals surface area (Å²) in [7, 11) is 0. The quantitative estimate of drug-likeness (QED) is 0.939. The lowest BCUT2D eigenvalue weighted by Crippen LogP contribution is -2.09. The maximum atomic E-state index is 10.6. The fourth-order valence-corrected chi connectivity index (χ4v) is 2.07. The summed E-state index contributed by atoms with van der Waals surface area (Å²) in [6.45, 7) is 1.90. The first-order valence-corrected chi connectivity index (χ1v) is 6.06. The molecule has 0 saturated carbocycles. The van der Waals surface area contributed by atoms with Gasteiger partial charge in [-0.2, -0.15) is 0 Å². The van der Waals surface area contributed by atoms with E-state index in [2.05, 4.69) is 26.1 Å². The monoisotopic (exact) mass is 297 g/mol. The average Bonchev–Trinajstić information content (AvgIpc) is 2.60. The molecule has 0 aliphatic carbocycles. The molecule has 0 saturated heterocycles. The van der Waals surface area contributed by atoms with Gasteiger partial charge in [0.25, 0.3) is 0 Å². The van der Waals surface area contributed by atoms with Crippen LogP contribution >= 0.6 is 15.9 Å². The van der Waals surface area contributed by atoms with Crippen LogP contribution in [0, 0.1) is 5.92 Å². The van der Waals surface area contributed by atoms with Crippen molar-refractivity contribution in [3.05, 3.63) is 28.6 Å². The summed E-state index contributed by atoms with van der Waals surface area (Å²) in [5, 5.41) is 16.8. The molecule has 0 radical (unpaired) electrons. The van der Waals surface area contributed by atoms with Crippen molar-refractivity contribution >= 4 is 27.5 Å². The van der Waals surface area contributed by atoms with Gasteiger partial charge in [-0.3, -0.25) is 9.20 Å². The van der Waals surface area contributed by atoms with E-state index in [1.807, 2.05) is 29.7 Å². The van der Waals surface area contributed by atoms with Gasteiger partial charge in [0.1, 0.15) is 5.82 Å². The Morgan fingerprint density at radius 1 is 1.53 bits per heavy atom. The van der Waals surface area contributed by atoms with E-state index in [1.165, 1.54) is 0 Å². The number of halogens is 1. The van der Waals surface area contributed by atoms with Crippen molar-refractivity contribution in [2.24, 2.45) is 5.92 Å². The van der Waals surface area contributed by atoms with E-state index in [0.717, 1.165) is 15.9 Å². The van der Waals surface area contributed by atoms with Crippen LogP contribution in [-0.2, 0) is 11.2 Å². The second-order valence-electron chi connectivity index (χ2n) is 4.10. The molecule has 1 atom stereocenters. The smallest absolute Gasteiger partial charge is 0.303 e. The molecule has 2 aromatic heterocycles. The molecule has 0 fully saturated rings. The Bertz CT molecular complexity index is 553. The molecule has 0 aromatic carbocycles. The van der Waals surface area contributed by atoms with Gasteiger partial charge in [0.05, 0.1) is 0 Å². The lowest BCUT2D eigenvalue weighted by Gasteiger charge is -2.06. The molecule has 5 nitrogen and oxygen atoms in total. The summed E-state index contributed by atoms with van der Waals surface area (Å²) in [4.78, 5) is 10.6. The summed E-state index contributed by atoms with van der Waals surface area (Å²) in [5.41, 5.74) is 0.769. The Balaban J connectivity index is 2.24. The molecule has 0 aliphatic heterocycles. The van der Waals surface area contributed by atoms with Crippen LogP contribution in [0.2, 0.25) is 0 Å². The zero-order chi connectivity index (χ0) is 12.4. The van der Waals surface area contributed by atoms with Crippen LogP contribution in [0.15, 0.2) is 22.8 Å². The van der Waals surface area contributed by atoms with Crippen molar-refractivity contribution in [1.82, 2.24) is 14.6 Å². The molecule has 2 aromatic rings. The summed E-state index contributed by atoms with van der Waals surface area (Å²) >= 11 is 3.39.